The average molecular weight is 297 g/mol. The molecule has 0 aliphatic rings. The number of likely N-dealkylation sites (N-methyl/N-ethyl adjacent to an activating group) is 1. The summed E-state index contributed by atoms with van der Waals surface area (Å²) in [5.41, 5.74) is 0.889. The van der Waals surface area contributed by atoms with Crippen molar-refractivity contribution in [3.8, 4) is 0 Å². The average Bonchev–Trinajstić information content (AvgIpc) is 2.59. The molecule has 0 aliphatic carbocycles. The molecule has 2 rings (SSSR count). The number of rotatable bonds is 8. The molecule has 0 fully saturated rings. The molecule has 0 saturated carbocycles. The van der Waals surface area contributed by atoms with Gasteiger partial charge in [0.1, 0.15) is 5.60 Å². The Morgan fingerprint density at radius 3 is 1.82 bits per heavy atom. The summed E-state index contributed by atoms with van der Waals surface area (Å²) in [6.07, 6.45) is 3.17. The van der Waals surface area contributed by atoms with Crippen LogP contribution >= 0.6 is 0 Å². The van der Waals surface area contributed by atoms with Crippen molar-refractivity contribution in [1.82, 2.24) is 5.32 Å². The van der Waals surface area contributed by atoms with Crippen molar-refractivity contribution < 1.29 is 5.11 Å². The van der Waals surface area contributed by atoms with E-state index in [-0.39, 0.29) is 6.04 Å². The predicted octanol–water partition coefficient (Wildman–Crippen LogP) is 4.09. The number of unbranched alkanes of at least 4 members (excludes halogenated alkanes) is 1. The zero-order chi connectivity index (χ0) is 15.8. The molecule has 2 aromatic rings. The smallest absolute Gasteiger partial charge is 0.130 e. The predicted molar refractivity (Wildman–Crippen MR) is 92.9 cm³/mol. The minimum Gasteiger partial charge on any atom is -0.379 e. The lowest BCUT2D eigenvalue weighted by Crippen LogP contribution is -2.49. The summed E-state index contributed by atoms with van der Waals surface area (Å²) in [5, 5.41) is 15.2. The fraction of sp³-hybridized carbons (Fsp3) is 0.400. The lowest BCUT2D eigenvalue weighted by atomic mass is 9.78. The topological polar surface area (TPSA) is 32.3 Å². The van der Waals surface area contributed by atoms with Crippen LogP contribution in [0.4, 0.5) is 0 Å². The van der Waals surface area contributed by atoms with Crippen LogP contribution in [0.15, 0.2) is 60.7 Å². The second-order valence-electron chi connectivity index (χ2n) is 5.75. The molecule has 1 unspecified atom stereocenters. The quantitative estimate of drug-likeness (QED) is 0.769. The second-order valence-corrected chi connectivity index (χ2v) is 5.75. The Morgan fingerprint density at radius 1 is 0.909 bits per heavy atom. The molecule has 1 atom stereocenters. The maximum atomic E-state index is 11.7. The van der Waals surface area contributed by atoms with Crippen LogP contribution in [0.5, 0.6) is 0 Å². The second kappa shape index (κ2) is 8.11. The van der Waals surface area contributed by atoms with E-state index >= 15 is 0 Å². The molecule has 0 bridgehead atoms. The molecule has 2 N–H and O–H groups in total. The standard InChI is InChI=1S/C20H27NO/c1-3-5-16-19(21-4-2)20(22,17-12-8-6-9-13-17)18-14-10-7-11-15-18/h6-15,19,21-22H,3-5,16H2,1-2H3. The minimum atomic E-state index is -1.01. The van der Waals surface area contributed by atoms with E-state index in [1.165, 1.54) is 0 Å². The molecule has 0 heterocycles. The van der Waals surface area contributed by atoms with E-state index in [9.17, 15) is 5.11 Å². The van der Waals surface area contributed by atoms with E-state index < -0.39 is 5.60 Å². The summed E-state index contributed by atoms with van der Waals surface area (Å²) >= 11 is 0. The van der Waals surface area contributed by atoms with Gasteiger partial charge in [-0.3, -0.25) is 0 Å². The molecule has 0 spiro atoms. The van der Waals surface area contributed by atoms with E-state index in [1.807, 2.05) is 60.7 Å². The molecule has 0 radical (unpaired) electrons. The maximum Gasteiger partial charge on any atom is 0.130 e. The lowest BCUT2D eigenvalue weighted by molar-refractivity contribution is 0.0335. The fourth-order valence-corrected chi connectivity index (χ4v) is 3.07. The first-order chi connectivity index (χ1) is 10.7. The van der Waals surface area contributed by atoms with E-state index in [1.54, 1.807) is 0 Å². The van der Waals surface area contributed by atoms with Gasteiger partial charge in [0, 0.05) is 6.04 Å². The van der Waals surface area contributed by atoms with Crippen LogP contribution in [0.2, 0.25) is 0 Å². The van der Waals surface area contributed by atoms with Crippen LogP contribution in [0.3, 0.4) is 0 Å². The highest BCUT2D eigenvalue weighted by Gasteiger charge is 2.39. The van der Waals surface area contributed by atoms with E-state index in [2.05, 4.69) is 19.2 Å². The Hall–Kier alpha value is -1.64. The molecule has 0 aliphatic heterocycles. The molecule has 118 valence electrons. The van der Waals surface area contributed by atoms with Crippen LogP contribution in [0.1, 0.15) is 44.2 Å². The lowest BCUT2D eigenvalue weighted by Gasteiger charge is -2.38. The Bertz CT molecular complexity index is 499. The van der Waals surface area contributed by atoms with Crippen LogP contribution < -0.4 is 5.32 Å². The molecular weight excluding hydrogens is 270 g/mol. The van der Waals surface area contributed by atoms with Crippen LogP contribution in [-0.4, -0.2) is 17.7 Å². The number of aliphatic hydroxyl groups is 1. The maximum absolute atomic E-state index is 11.7. The third-order valence-electron chi connectivity index (χ3n) is 4.23. The zero-order valence-corrected chi connectivity index (χ0v) is 13.6. The summed E-state index contributed by atoms with van der Waals surface area (Å²) in [7, 11) is 0. The number of hydrogen-bond acceptors (Lipinski definition) is 2. The van der Waals surface area contributed by atoms with Gasteiger partial charge in [0.25, 0.3) is 0 Å². The summed E-state index contributed by atoms with van der Waals surface area (Å²) < 4.78 is 0. The highest BCUT2D eigenvalue weighted by molar-refractivity contribution is 5.38. The first-order valence-corrected chi connectivity index (χ1v) is 8.30. The monoisotopic (exact) mass is 297 g/mol. The van der Waals surface area contributed by atoms with E-state index in [4.69, 9.17) is 0 Å². The normalized spacial score (nSPS) is 13.0. The van der Waals surface area contributed by atoms with Gasteiger partial charge in [-0.05, 0) is 24.1 Å². The minimum absolute atomic E-state index is 0.00208. The summed E-state index contributed by atoms with van der Waals surface area (Å²) in [6, 6.07) is 20.0. The molecule has 22 heavy (non-hydrogen) atoms. The van der Waals surface area contributed by atoms with E-state index in [0.717, 1.165) is 36.9 Å². The van der Waals surface area contributed by atoms with Gasteiger partial charge < -0.3 is 10.4 Å². The van der Waals surface area contributed by atoms with Gasteiger partial charge in [0.2, 0.25) is 0 Å². The van der Waals surface area contributed by atoms with Gasteiger partial charge in [0.15, 0.2) is 0 Å². The fourth-order valence-electron chi connectivity index (χ4n) is 3.07. The first kappa shape index (κ1) is 16.7. The zero-order valence-electron chi connectivity index (χ0n) is 13.6. The van der Waals surface area contributed by atoms with Crippen molar-refractivity contribution >= 4 is 0 Å². The van der Waals surface area contributed by atoms with Crippen molar-refractivity contribution in [2.24, 2.45) is 0 Å². The van der Waals surface area contributed by atoms with Gasteiger partial charge >= 0.3 is 0 Å². The van der Waals surface area contributed by atoms with E-state index in [0.29, 0.717) is 0 Å². The van der Waals surface area contributed by atoms with Crippen LogP contribution in [0.25, 0.3) is 0 Å². The Balaban J connectivity index is 2.48. The van der Waals surface area contributed by atoms with Crippen LogP contribution in [0, 0.1) is 0 Å². The van der Waals surface area contributed by atoms with Crippen molar-refractivity contribution in [3.05, 3.63) is 71.8 Å². The van der Waals surface area contributed by atoms with Crippen LogP contribution in [-0.2, 0) is 5.60 Å². The SMILES string of the molecule is CCCCC(NCC)C(O)(c1ccccc1)c1ccccc1. The summed E-state index contributed by atoms with van der Waals surface area (Å²) in [5.74, 6) is 0. The highest BCUT2D eigenvalue weighted by Crippen LogP contribution is 2.35. The molecule has 2 aromatic carbocycles. The molecule has 0 saturated heterocycles. The van der Waals surface area contributed by atoms with Gasteiger partial charge in [-0.15, -0.1) is 0 Å². The number of hydrogen-bond donors (Lipinski definition) is 2. The van der Waals surface area contributed by atoms with Gasteiger partial charge in [-0.25, -0.2) is 0 Å². The molecular formula is C20H27NO. The van der Waals surface area contributed by atoms with Crippen molar-refractivity contribution in [2.45, 2.75) is 44.8 Å². The molecule has 2 nitrogen and oxygen atoms in total. The molecule has 0 aromatic heterocycles. The summed E-state index contributed by atoms with van der Waals surface area (Å²) in [4.78, 5) is 0. The Morgan fingerprint density at radius 2 is 1.41 bits per heavy atom. The number of benzene rings is 2. The largest absolute Gasteiger partial charge is 0.379 e. The van der Waals surface area contributed by atoms with Crippen molar-refractivity contribution in [3.63, 3.8) is 0 Å². The third-order valence-corrected chi connectivity index (χ3v) is 4.23. The van der Waals surface area contributed by atoms with Gasteiger partial charge in [0.05, 0.1) is 0 Å². The van der Waals surface area contributed by atoms with Crippen molar-refractivity contribution in [2.75, 3.05) is 6.54 Å². The highest BCUT2D eigenvalue weighted by atomic mass is 16.3. The van der Waals surface area contributed by atoms with Gasteiger partial charge in [-0.2, -0.15) is 0 Å². The molecule has 0 amide bonds. The number of nitrogens with one attached hydrogen (secondary N) is 1. The Labute approximate surface area is 134 Å². The first-order valence-electron chi connectivity index (χ1n) is 8.30. The van der Waals surface area contributed by atoms with Gasteiger partial charge in [-0.1, -0.05) is 87.4 Å². The summed E-state index contributed by atoms with van der Waals surface area (Å²) in [6.45, 7) is 5.12. The van der Waals surface area contributed by atoms with Crippen molar-refractivity contribution in [1.29, 1.82) is 0 Å². The Kier molecular flexibility index (Phi) is 6.17. The molecule has 2 heteroatoms. The third kappa shape index (κ3) is 3.57.